The maximum atomic E-state index is 11.2. The van der Waals surface area contributed by atoms with E-state index in [1.54, 1.807) is 0 Å². The van der Waals surface area contributed by atoms with Gasteiger partial charge < -0.3 is 4.74 Å². The largest absolute Gasteiger partial charge is 0.465 e. The summed E-state index contributed by atoms with van der Waals surface area (Å²) in [5.74, 6) is -0.402. The van der Waals surface area contributed by atoms with E-state index in [2.05, 4.69) is 36.6 Å². The van der Waals surface area contributed by atoms with Gasteiger partial charge >= 0.3 is 5.97 Å². The number of carbonyl (C=O) groups excluding carboxylic acids is 1. The van der Waals surface area contributed by atoms with Crippen LogP contribution < -0.4 is 0 Å². The third-order valence-corrected chi connectivity index (χ3v) is 3.69. The Morgan fingerprint density at radius 3 is 2.29 bits per heavy atom. The lowest BCUT2D eigenvalue weighted by molar-refractivity contribution is -0.135. The van der Waals surface area contributed by atoms with Crippen molar-refractivity contribution < 1.29 is 9.53 Å². The van der Waals surface area contributed by atoms with E-state index in [1.807, 2.05) is 30.3 Å². The third-order valence-electron chi connectivity index (χ3n) is 1.58. The summed E-state index contributed by atoms with van der Waals surface area (Å²) in [5.41, 5.74) is 0.921. The van der Waals surface area contributed by atoms with Gasteiger partial charge in [-0.3, -0.25) is 0 Å². The summed E-state index contributed by atoms with van der Waals surface area (Å²) in [6.07, 6.45) is 0. The molecule has 0 N–H and O–H groups in total. The van der Waals surface area contributed by atoms with Crippen LogP contribution in [0.5, 0.6) is 0 Å². The molecule has 0 saturated carbocycles. The zero-order valence-corrected chi connectivity index (χ0v) is 10.6. The Labute approximate surface area is 99.2 Å². The Kier molecular flexibility index (Phi) is 4.35. The van der Waals surface area contributed by atoms with E-state index in [-0.39, 0.29) is 0 Å². The molecule has 14 heavy (non-hydrogen) atoms. The van der Waals surface area contributed by atoms with Crippen LogP contribution >= 0.6 is 31.9 Å². The molecular weight excluding hydrogens is 312 g/mol. The summed E-state index contributed by atoms with van der Waals surface area (Å²) in [6.45, 7) is 0. The molecule has 0 aliphatic heterocycles. The van der Waals surface area contributed by atoms with Crippen LogP contribution in [0.2, 0.25) is 0 Å². The van der Waals surface area contributed by atoms with E-state index in [0.717, 1.165) is 5.56 Å². The van der Waals surface area contributed by atoms with Crippen LogP contribution in [0.3, 0.4) is 0 Å². The fraction of sp³-hybridized carbons (Fsp3) is 0.100. The van der Waals surface area contributed by atoms with Gasteiger partial charge in [-0.1, -0.05) is 30.3 Å². The van der Waals surface area contributed by atoms with Gasteiger partial charge in [-0.25, -0.2) is 4.79 Å². The number of rotatable bonds is 2. The quantitative estimate of drug-likeness (QED) is 0.617. The second kappa shape index (κ2) is 5.32. The molecular formula is C10H8Br2O2. The molecule has 0 amide bonds. The monoisotopic (exact) mass is 318 g/mol. The number of ether oxygens (including phenoxy) is 1. The summed E-state index contributed by atoms with van der Waals surface area (Å²) in [6, 6.07) is 9.50. The van der Waals surface area contributed by atoms with Gasteiger partial charge in [0.15, 0.2) is 0 Å². The summed E-state index contributed by atoms with van der Waals surface area (Å²) in [7, 11) is 1.34. The summed E-state index contributed by atoms with van der Waals surface area (Å²) < 4.78 is 5.65. The highest BCUT2D eigenvalue weighted by atomic mass is 79.9. The summed E-state index contributed by atoms with van der Waals surface area (Å²) in [5, 5.41) is 0. The van der Waals surface area contributed by atoms with E-state index < -0.39 is 5.97 Å². The molecule has 0 atom stereocenters. The van der Waals surface area contributed by atoms with Crippen molar-refractivity contribution in [3.05, 3.63) is 40.4 Å². The lowest BCUT2D eigenvalue weighted by Gasteiger charge is -2.02. The first-order valence-electron chi connectivity index (χ1n) is 3.86. The van der Waals surface area contributed by atoms with Gasteiger partial charge in [0.2, 0.25) is 0 Å². The molecule has 2 nitrogen and oxygen atoms in total. The van der Waals surface area contributed by atoms with Gasteiger partial charge in [0.25, 0.3) is 0 Å². The number of methoxy groups -OCH3 is 1. The molecule has 0 aliphatic rings. The second-order valence-corrected chi connectivity index (χ2v) is 4.07. The Hall–Kier alpha value is -0.610. The van der Waals surface area contributed by atoms with E-state index in [9.17, 15) is 4.79 Å². The normalized spacial score (nSPS) is 11.9. The molecule has 4 heteroatoms. The first kappa shape index (κ1) is 11.5. The van der Waals surface area contributed by atoms with Gasteiger partial charge in [0, 0.05) is 4.48 Å². The highest BCUT2D eigenvalue weighted by Crippen LogP contribution is 2.28. The van der Waals surface area contributed by atoms with E-state index in [1.165, 1.54) is 7.11 Å². The Bertz CT molecular complexity index is 358. The lowest BCUT2D eigenvalue weighted by atomic mass is 10.2. The molecule has 74 valence electrons. The molecule has 0 heterocycles. The van der Waals surface area contributed by atoms with Crippen LogP contribution in [0.4, 0.5) is 0 Å². The molecule has 0 bridgehead atoms. The molecule has 1 rings (SSSR count). The maximum Gasteiger partial charge on any atom is 0.346 e. The number of halogens is 2. The van der Waals surface area contributed by atoms with Gasteiger partial charge in [-0.05, 0) is 37.4 Å². The van der Waals surface area contributed by atoms with Gasteiger partial charge in [-0.2, -0.15) is 0 Å². The first-order chi connectivity index (χ1) is 6.66. The predicted molar refractivity (Wildman–Crippen MR) is 63.2 cm³/mol. The Morgan fingerprint density at radius 1 is 1.21 bits per heavy atom. The van der Waals surface area contributed by atoms with Crippen LogP contribution in [0.15, 0.2) is 34.8 Å². The van der Waals surface area contributed by atoms with Crippen molar-refractivity contribution in [3.63, 3.8) is 0 Å². The maximum absolute atomic E-state index is 11.2. The average molecular weight is 320 g/mol. The van der Waals surface area contributed by atoms with Crippen LogP contribution in [-0.2, 0) is 9.53 Å². The summed E-state index contributed by atoms with van der Waals surface area (Å²) >= 11 is 6.49. The zero-order valence-electron chi connectivity index (χ0n) is 7.46. The number of hydrogen-bond donors (Lipinski definition) is 0. The fourth-order valence-corrected chi connectivity index (χ4v) is 1.71. The standard InChI is InChI=1S/C10H8Br2O2/c1-14-10(13)9(12)8(11)7-5-3-2-4-6-7/h2-6H,1H3/b9-8-. The molecule has 0 spiro atoms. The minimum Gasteiger partial charge on any atom is -0.465 e. The lowest BCUT2D eigenvalue weighted by Crippen LogP contribution is -2.00. The number of benzene rings is 1. The summed E-state index contributed by atoms with van der Waals surface area (Å²) in [4.78, 5) is 11.2. The highest BCUT2D eigenvalue weighted by Gasteiger charge is 2.11. The number of hydrogen-bond acceptors (Lipinski definition) is 2. The topological polar surface area (TPSA) is 26.3 Å². The average Bonchev–Trinajstić information content (AvgIpc) is 2.27. The fourth-order valence-electron chi connectivity index (χ4n) is 0.890. The molecule has 1 aromatic carbocycles. The van der Waals surface area contributed by atoms with Crippen LogP contribution in [0, 0.1) is 0 Å². The van der Waals surface area contributed by atoms with E-state index in [4.69, 9.17) is 0 Å². The van der Waals surface area contributed by atoms with E-state index >= 15 is 0 Å². The predicted octanol–water partition coefficient (Wildman–Crippen LogP) is 3.32. The highest BCUT2D eigenvalue weighted by molar-refractivity contribution is 9.16. The van der Waals surface area contributed by atoms with Crippen molar-refractivity contribution in [2.75, 3.05) is 7.11 Å². The van der Waals surface area contributed by atoms with Gasteiger partial charge in [0.1, 0.15) is 4.48 Å². The van der Waals surface area contributed by atoms with E-state index in [0.29, 0.717) is 8.96 Å². The Balaban J connectivity index is 3.05. The van der Waals surface area contributed by atoms with Crippen LogP contribution in [-0.4, -0.2) is 13.1 Å². The number of esters is 1. The Morgan fingerprint density at radius 2 is 1.79 bits per heavy atom. The molecule has 0 fully saturated rings. The van der Waals surface area contributed by atoms with Crippen molar-refractivity contribution in [2.45, 2.75) is 0 Å². The number of carbonyl (C=O) groups is 1. The molecule has 0 aliphatic carbocycles. The SMILES string of the molecule is COC(=O)/C(Br)=C(/Br)c1ccccc1. The van der Waals surface area contributed by atoms with Crippen molar-refractivity contribution >= 4 is 42.3 Å². The van der Waals surface area contributed by atoms with Crippen molar-refractivity contribution in [2.24, 2.45) is 0 Å². The third kappa shape index (κ3) is 2.69. The van der Waals surface area contributed by atoms with Crippen molar-refractivity contribution in [3.8, 4) is 0 Å². The van der Waals surface area contributed by atoms with Gasteiger partial charge in [0.05, 0.1) is 7.11 Å². The van der Waals surface area contributed by atoms with Crippen molar-refractivity contribution in [1.29, 1.82) is 0 Å². The molecule has 1 aromatic rings. The van der Waals surface area contributed by atoms with Crippen LogP contribution in [0.25, 0.3) is 4.48 Å². The smallest absolute Gasteiger partial charge is 0.346 e. The van der Waals surface area contributed by atoms with Crippen molar-refractivity contribution in [1.82, 2.24) is 0 Å². The molecule has 0 radical (unpaired) electrons. The minimum absolute atomic E-state index is 0.381. The first-order valence-corrected chi connectivity index (χ1v) is 5.44. The second-order valence-electron chi connectivity index (χ2n) is 2.49. The minimum atomic E-state index is -0.402. The van der Waals surface area contributed by atoms with Gasteiger partial charge in [-0.15, -0.1) is 0 Å². The molecule has 0 unspecified atom stereocenters. The zero-order chi connectivity index (χ0) is 10.6. The molecule has 0 saturated heterocycles. The van der Waals surface area contributed by atoms with Crippen LogP contribution in [0.1, 0.15) is 5.56 Å². The molecule has 0 aromatic heterocycles.